The average Bonchev–Trinajstić information content (AvgIpc) is 2.68. The second-order valence-corrected chi connectivity index (χ2v) is 9.53. The molecule has 148 valence electrons. The number of nitrogens with zero attached hydrogens (tertiary/aromatic N) is 1. The first-order chi connectivity index (χ1) is 13.8. The fourth-order valence-corrected chi connectivity index (χ4v) is 4.51. The van der Waals surface area contributed by atoms with Crippen LogP contribution in [0.25, 0.3) is 11.1 Å². The maximum atomic E-state index is 12.4. The molecule has 1 amide bonds. The predicted octanol–water partition coefficient (Wildman–Crippen LogP) is 4.41. The number of benzene rings is 3. The summed E-state index contributed by atoms with van der Waals surface area (Å²) >= 11 is 0. The van der Waals surface area contributed by atoms with Gasteiger partial charge in [0, 0.05) is 18.9 Å². The summed E-state index contributed by atoms with van der Waals surface area (Å²) in [7, 11) is -3.21. The van der Waals surface area contributed by atoms with Gasteiger partial charge in [-0.2, -0.15) is 0 Å². The standard InChI is InChI=1S/C24H23NO3S/c1-17(26)25-16-22-15-21(18-11-13-23(14-12-18)29(2,27)28)10-8-19(22)7-9-20-5-3-4-6-24(20)25/h3-6,8,10-15H,7,9,16H2,1-2H3. The number of carbonyl (C=O) groups is 1. The van der Waals surface area contributed by atoms with Gasteiger partial charge in [0.2, 0.25) is 5.91 Å². The van der Waals surface area contributed by atoms with E-state index in [0.29, 0.717) is 11.4 Å². The highest BCUT2D eigenvalue weighted by molar-refractivity contribution is 7.90. The summed E-state index contributed by atoms with van der Waals surface area (Å²) in [5.41, 5.74) is 6.50. The van der Waals surface area contributed by atoms with Gasteiger partial charge >= 0.3 is 0 Å². The van der Waals surface area contributed by atoms with Crippen molar-refractivity contribution in [3.05, 3.63) is 83.4 Å². The van der Waals surface area contributed by atoms with Crippen LogP contribution in [0.2, 0.25) is 0 Å². The molecule has 0 fully saturated rings. The van der Waals surface area contributed by atoms with Crippen molar-refractivity contribution in [3.8, 4) is 11.1 Å². The number of fused-ring (bicyclic) bond motifs is 2. The van der Waals surface area contributed by atoms with Crippen molar-refractivity contribution < 1.29 is 13.2 Å². The van der Waals surface area contributed by atoms with Crippen molar-refractivity contribution in [2.24, 2.45) is 0 Å². The quantitative estimate of drug-likeness (QED) is 0.635. The normalized spacial score (nSPS) is 13.8. The number of hydrogen-bond acceptors (Lipinski definition) is 3. The lowest BCUT2D eigenvalue weighted by atomic mass is 9.92. The third kappa shape index (κ3) is 3.96. The minimum absolute atomic E-state index is 0.0215. The molecule has 1 aliphatic rings. The number of sulfone groups is 1. The molecular weight excluding hydrogens is 382 g/mol. The van der Waals surface area contributed by atoms with E-state index in [1.54, 1.807) is 19.1 Å². The van der Waals surface area contributed by atoms with Crippen molar-refractivity contribution in [3.63, 3.8) is 0 Å². The van der Waals surface area contributed by atoms with Gasteiger partial charge in [0.1, 0.15) is 0 Å². The van der Waals surface area contributed by atoms with Crippen LogP contribution in [0.15, 0.2) is 71.6 Å². The number of carbonyl (C=O) groups excluding carboxylic acids is 1. The topological polar surface area (TPSA) is 54.5 Å². The average molecular weight is 406 g/mol. The minimum Gasteiger partial charge on any atom is -0.308 e. The van der Waals surface area contributed by atoms with E-state index in [9.17, 15) is 13.2 Å². The molecule has 4 rings (SSSR count). The van der Waals surface area contributed by atoms with Gasteiger partial charge < -0.3 is 4.90 Å². The third-order valence-corrected chi connectivity index (χ3v) is 6.61. The number of aryl methyl sites for hydroxylation is 2. The minimum atomic E-state index is -3.21. The number of amides is 1. The largest absolute Gasteiger partial charge is 0.308 e. The van der Waals surface area contributed by atoms with E-state index in [2.05, 4.69) is 24.3 Å². The first-order valence-electron chi connectivity index (χ1n) is 9.61. The SMILES string of the molecule is CC(=O)N1Cc2cc(-c3ccc(S(C)(=O)=O)cc3)ccc2CCc2ccccc21. The Morgan fingerprint density at radius 1 is 0.828 bits per heavy atom. The van der Waals surface area contributed by atoms with Crippen LogP contribution in [0.4, 0.5) is 5.69 Å². The Hall–Kier alpha value is -2.92. The van der Waals surface area contributed by atoms with Crippen LogP contribution in [-0.4, -0.2) is 20.6 Å². The molecule has 0 aromatic heterocycles. The second-order valence-electron chi connectivity index (χ2n) is 7.51. The summed E-state index contributed by atoms with van der Waals surface area (Å²) in [6.45, 7) is 2.13. The van der Waals surface area contributed by atoms with E-state index in [-0.39, 0.29) is 5.91 Å². The Morgan fingerprint density at radius 3 is 2.17 bits per heavy atom. The smallest absolute Gasteiger partial charge is 0.224 e. The first-order valence-corrected chi connectivity index (χ1v) is 11.5. The maximum Gasteiger partial charge on any atom is 0.224 e. The molecule has 0 radical (unpaired) electrons. The summed E-state index contributed by atoms with van der Waals surface area (Å²) in [5.74, 6) is 0.0215. The number of hydrogen-bond donors (Lipinski definition) is 0. The van der Waals surface area contributed by atoms with Gasteiger partial charge in [0.25, 0.3) is 0 Å². The van der Waals surface area contributed by atoms with Crippen LogP contribution in [0.5, 0.6) is 0 Å². The number of anilines is 1. The van der Waals surface area contributed by atoms with Gasteiger partial charge in [-0.1, -0.05) is 42.5 Å². The summed E-state index contributed by atoms with van der Waals surface area (Å²) in [5, 5.41) is 0. The third-order valence-electron chi connectivity index (χ3n) is 5.48. The second kappa shape index (κ2) is 7.48. The van der Waals surface area contributed by atoms with E-state index in [0.717, 1.165) is 35.2 Å². The molecule has 4 nitrogen and oxygen atoms in total. The molecule has 0 N–H and O–H groups in total. The molecule has 0 atom stereocenters. The van der Waals surface area contributed by atoms with Crippen LogP contribution in [0.1, 0.15) is 23.6 Å². The molecule has 0 spiro atoms. The summed E-state index contributed by atoms with van der Waals surface area (Å²) in [6, 6.07) is 21.3. The Kier molecular flexibility index (Phi) is 5.01. The summed E-state index contributed by atoms with van der Waals surface area (Å²) in [4.78, 5) is 14.5. The molecule has 1 aliphatic heterocycles. The lowest BCUT2D eigenvalue weighted by molar-refractivity contribution is -0.116. The van der Waals surface area contributed by atoms with Crippen molar-refractivity contribution in [1.82, 2.24) is 0 Å². The fraction of sp³-hybridized carbons (Fsp3) is 0.208. The predicted molar refractivity (Wildman–Crippen MR) is 116 cm³/mol. The monoisotopic (exact) mass is 405 g/mol. The lowest BCUT2D eigenvalue weighted by Gasteiger charge is -2.28. The molecule has 1 heterocycles. The van der Waals surface area contributed by atoms with Crippen molar-refractivity contribution in [1.29, 1.82) is 0 Å². The van der Waals surface area contributed by atoms with Gasteiger partial charge in [0.05, 0.1) is 11.4 Å². The highest BCUT2D eigenvalue weighted by Gasteiger charge is 2.20. The zero-order valence-electron chi connectivity index (χ0n) is 16.6. The zero-order chi connectivity index (χ0) is 20.6. The Balaban J connectivity index is 1.73. The lowest BCUT2D eigenvalue weighted by Crippen LogP contribution is -2.30. The highest BCUT2D eigenvalue weighted by atomic mass is 32.2. The molecule has 0 saturated heterocycles. The Morgan fingerprint density at radius 2 is 1.48 bits per heavy atom. The van der Waals surface area contributed by atoms with E-state index in [1.165, 1.54) is 17.4 Å². The van der Waals surface area contributed by atoms with E-state index in [4.69, 9.17) is 0 Å². The maximum absolute atomic E-state index is 12.4. The molecule has 3 aromatic rings. The summed E-state index contributed by atoms with van der Waals surface area (Å²) in [6.07, 6.45) is 3.02. The molecule has 0 bridgehead atoms. The molecule has 5 heteroatoms. The van der Waals surface area contributed by atoms with Gasteiger partial charge in [-0.3, -0.25) is 4.79 Å². The first kappa shape index (κ1) is 19.4. The van der Waals surface area contributed by atoms with Gasteiger partial charge in [0.15, 0.2) is 9.84 Å². The summed E-state index contributed by atoms with van der Waals surface area (Å²) < 4.78 is 23.4. The molecule has 0 unspecified atom stereocenters. The fourth-order valence-electron chi connectivity index (χ4n) is 3.88. The van der Waals surface area contributed by atoms with Gasteiger partial charge in [-0.05, 0) is 64.9 Å². The van der Waals surface area contributed by atoms with Crippen LogP contribution < -0.4 is 4.90 Å². The van der Waals surface area contributed by atoms with Crippen molar-refractivity contribution in [2.75, 3.05) is 11.2 Å². The van der Waals surface area contributed by atoms with Crippen LogP contribution >= 0.6 is 0 Å². The number of para-hydroxylation sites is 1. The van der Waals surface area contributed by atoms with E-state index in [1.807, 2.05) is 35.2 Å². The van der Waals surface area contributed by atoms with E-state index >= 15 is 0 Å². The number of rotatable bonds is 2. The van der Waals surface area contributed by atoms with Crippen LogP contribution in [0.3, 0.4) is 0 Å². The van der Waals surface area contributed by atoms with Crippen LogP contribution in [-0.2, 0) is 34.0 Å². The van der Waals surface area contributed by atoms with Crippen molar-refractivity contribution in [2.45, 2.75) is 31.2 Å². The molecule has 0 aliphatic carbocycles. The zero-order valence-corrected chi connectivity index (χ0v) is 17.4. The van der Waals surface area contributed by atoms with Gasteiger partial charge in [-0.15, -0.1) is 0 Å². The molecule has 3 aromatic carbocycles. The van der Waals surface area contributed by atoms with Gasteiger partial charge in [-0.25, -0.2) is 8.42 Å². The van der Waals surface area contributed by atoms with E-state index < -0.39 is 9.84 Å². The highest BCUT2D eigenvalue weighted by Crippen LogP contribution is 2.31. The van der Waals surface area contributed by atoms with Crippen LogP contribution in [0, 0.1) is 0 Å². The molecule has 0 saturated carbocycles. The van der Waals surface area contributed by atoms with Crippen molar-refractivity contribution >= 4 is 21.4 Å². The molecular formula is C24H23NO3S. The molecule has 29 heavy (non-hydrogen) atoms. The Bertz CT molecular complexity index is 1180. The Labute approximate surface area is 171 Å².